The summed E-state index contributed by atoms with van der Waals surface area (Å²) < 4.78 is 16.6. The van der Waals surface area contributed by atoms with Crippen LogP contribution in [0, 0.1) is 5.92 Å². The molecule has 1 aliphatic carbocycles. The minimum absolute atomic E-state index is 0.210. The molecule has 0 spiro atoms. The number of rotatable bonds is 5. The first-order valence-corrected chi connectivity index (χ1v) is 6.85. The van der Waals surface area contributed by atoms with Gasteiger partial charge in [0.05, 0.1) is 24.9 Å². The van der Waals surface area contributed by atoms with Gasteiger partial charge in [-0.1, -0.05) is 6.58 Å². The van der Waals surface area contributed by atoms with Gasteiger partial charge in [0.25, 0.3) is 0 Å². The molecular weight excluding hydrogens is 230 g/mol. The van der Waals surface area contributed by atoms with Crippen LogP contribution in [0.15, 0.2) is 12.3 Å². The average Bonchev–Trinajstić information content (AvgIpc) is 2.93. The molecule has 1 N–H and O–H groups in total. The lowest BCUT2D eigenvalue weighted by Crippen LogP contribution is -2.52. The van der Waals surface area contributed by atoms with Crippen molar-refractivity contribution in [2.75, 3.05) is 27.4 Å². The highest BCUT2D eigenvalue weighted by atomic mass is 16.5. The topological polar surface area (TPSA) is 39.7 Å². The highest BCUT2D eigenvalue weighted by molar-refractivity contribution is 5.05. The van der Waals surface area contributed by atoms with Crippen LogP contribution in [-0.2, 0) is 14.2 Å². The van der Waals surface area contributed by atoms with Crippen LogP contribution in [0.2, 0.25) is 0 Å². The molecule has 0 radical (unpaired) electrons. The fourth-order valence-corrected chi connectivity index (χ4v) is 2.97. The summed E-state index contributed by atoms with van der Waals surface area (Å²) in [6.07, 6.45) is 4.82. The molecule has 0 bridgehead atoms. The Hall–Kier alpha value is -0.580. The van der Waals surface area contributed by atoms with Crippen LogP contribution in [0.5, 0.6) is 0 Å². The summed E-state index contributed by atoms with van der Waals surface area (Å²) in [6.45, 7) is 5.80. The van der Waals surface area contributed by atoms with E-state index >= 15 is 0 Å². The van der Waals surface area contributed by atoms with Gasteiger partial charge in [-0.15, -0.1) is 0 Å². The van der Waals surface area contributed by atoms with E-state index in [1.54, 1.807) is 14.2 Å². The second-order valence-electron chi connectivity index (χ2n) is 5.24. The predicted octanol–water partition coefficient (Wildman–Crippen LogP) is 1.71. The van der Waals surface area contributed by atoms with Crippen LogP contribution in [0.3, 0.4) is 0 Å². The van der Waals surface area contributed by atoms with Crippen molar-refractivity contribution in [1.29, 1.82) is 0 Å². The standard InChI is InChI=1S/C14H25NO3/c1-10(11-7-8-18-9-11)15-14-12(16-2)5-4-6-13(14)17-3/h11-15H,1,4-9H2,2-3H3/t11-,12-,13+,14+/m1/s1. The smallest absolute Gasteiger partial charge is 0.0797 e. The quantitative estimate of drug-likeness (QED) is 0.812. The van der Waals surface area contributed by atoms with E-state index in [1.807, 2.05) is 0 Å². The lowest BCUT2D eigenvalue weighted by atomic mass is 9.88. The molecule has 104 valence electrons. The Morgan fingerprint density at radius 1 is 1.17 bits per heavy atom. The summed E-state index contributed by atoms with van der Waals surface area (Å²) in [5.74, 6) is 0.432. The third-order valence-electron chi connectivity index (χ3n) is 4.16. The molecule has 2 rings (SSSR count). The van der Waals surface area contributed by atoms with Crippen molar-refractivity contribution in [1.82, 2.24) is 5.32 Å². The van der Waals surface area contributed by atoms with E-state index in [2.05, 4.69) is 11.9 Å². The maximum absolute atomic E-state index is 5.58. The van der Waals surface area contributed by atoms with E-state index in [0.717, 1.165) is 44.6 Å². The van der Waals surface area contributed by atoms with Crippen LogP contribution in [-0.4, -0.2) is 45.7 Å². The maximum atomic E-state index is 5.58. The van der Waals surface area contributed by atoms with Gasteiger partial charge in [0.2, 0.25) is 0 Å². The molecule has 4 heteroatoms. The minimum atomic E-state index is 0.210. The molecule has 1 heterocycles. The van der Waals surface area contributed by atoms with Gasteiger partial charge in [-0.25, -0.2) is 0 Å². The summed E-state index contributed by atoms with van der Waals surface area (Å²) in [4.78, 5) is 0. The first-order valence-electron chi connectivity index (χ1n) is 6.85. The molecule has 1 saturated carbocycles. The zero-order valence-corrected chi connectivity index (χ0v) is 11.5. The number of nitrogens with one attached hydrogen (secondary N) is 1. The summed E-state index contributed by atoms with van der Waals surface area (Å²) in [5.41, 5.74) is 1.07. The first kappa shape index (κ1) is 13.8. The zero-order chi connectivity index (χ0) is 13.0. The predicted molar refractivity (Wildman–Crippen MR) is 70.4 cm³/mol. The molecule has 18 heavy (non-hydrogen) atoms. The molecule has 4 nitrogen and oxygen atoms in total. The molecule has 0 aromatic heterocycles. The molecule has 2 aliphatic rings. The molecular formula is C14H25NO3. The van der Waals surface area contributed by atoms with Gasteiger partial charge < -0.3 is 19.5 Å². The molecule has 2 fully saturated rings. The molecule has 1 aliphatic heterocycles. The fourth-order valence-electron chi connectivity index (χ4n) is 2.97. The van der Waals surface area contributed by atoms with Crippen molar-refractivity contribution in [3.63, 3.8) is 0 Å². The third-order valence-corrected chi connectivity index (χ3v) is 4.16. The van der Waals surface area contributed by atoms with Crippen molar-refractivity contribution in [3.05, 3.63) is 12.3 Å². The van der Waals surface area contributed by atoms with Gasteiger partial charge >= 0.3 is 0 Å². The lowest BCUT2D eigenvalue weighted by Gasteiger charge is -2.38. The molecule has 0 aromatic carbocycles. The van der Waals surface area contributed by atoms with E-state index in [9.17, 15) is 0 Å². The largest absolute Gasteiger partial charge is 0.381 e. The summed E-state index contributed by atoms with van der Waals surface area (Å²) in [6, 6.07) is 0.210. The Kier molecular flexibility index (Phi) is 5.03. The Morgan fingerprint density at radius 2 is 1.83 bits per heavy atom. The van der Waals surface area contributed by atoms with Crippen LogP contribution in [0.25, 0.3) is 0 Å². The highest BCUT2D eigenvalue weighted by Gasteiger charge is 2.34. The Bertz CT molecular complexity index is 264. The van der Waals surface area contributed by atoms with E-state index in [1.165, 1.54) is 0 Å². The first-order chi connectivity index (χ1) is 8.76. The van der Waals surface area contributed by atoms with Crippen molar-refractivity contribution >= 4 is 0 Å². The van der Waals surface area contributed by atoms with Crippen LogP contribution in [0.1, 0.15) is 25.7 Å². The highest BCUT2D eigenvalue weighted by Crippen LogP contribution is 2.26. The summed E-state index contributed by atoms with van der Waals surface area (Å²) in [5, 5.41) is 3.54. The number of hydrogen-bond acceptors (Lipinski definition) is 4. The monoisotopic (exact) mass is 255 g/mol. The molecule has 1 saturated heterocycles. The molecule has 0 aromatic rings. The minimum Gasteiger partial charge on any atom is -0.381 e. The van der Waals surface area contributed by atoms with Gasteiger partial charge in [0.1, 0.15) is 0 Å². The van der Waals surface area contributed by atoms with Crippen molar-refractivity contribution in [2.24, 2.45) is 5.92 Å². The molecule has 0 unspecified atom stereocenters. The molecule has 4 atom stereocenters. The maximum Gasteiger partial charge on any atom is 0.0797 e. The van der Waals surface area contributed by atoms with E-state index in [0.29, 0.717) is 5.92 Å². The van der Waals surface area contributed by atoms with Crippen LogP contribution < -0.4 is 5.32 Å². The van der Waals surface area contributed by atoms with Gasteiger partial charge in [-0.05, 0) is 25.7 Å². The Balaban J connectivity index is 1.95. The number of methoxy groups -OCH3 is 2. The van der Waals surface area contributed by atoms with Crippen molar-refractivity contribution < 1.29 is 14.2 Å². The van der Waals surface area contributed by atoms with E-state index in [-0.39, 0.29) is 18.2 Å². The average molecular weight is 255 g/mol. The van der Waals surface area contributed by atoms with Gasteiger partial charge in [0, 0.05) is 32.4 Å². The third kappa shape index (κ3) is 3.05. The van der Waals surface area contributed by atoms with E-state index < -0.39 is 0 Å². The Labute approximate surface area is 110 Å². The zero-order valence-electron chi connectivity index (χ0n) is 11.5. The fraction of sp³-hybridized carbons (Fsp3) is 0.857. The second-order valence-corrected chi connectivity index (χ2v) is 5.24. The van der Waals surface area contributed by atoms with Crippen molar-refractivity contribution in [3.8, 4) is 0 Å². The van der Waals surface area contributed by atoms with Gasteiger partial charge in [-0.2, -0.15) is 0 Å². The Morgan fingerprint density at radius 3 is 2.33 bits per heavy atom. The summed E-state index contributed by atoms with van der Waals surface area (Å²) in [7, 11) is 3.55. The summed E-state index contributed by atoms with van der Waals surface area (Å²) >= 11 is 0. The lowest BCUT2D eigenvalue weighted by molar-refractivity contribution is -0.0385. The van der Waals surface area contributed by atoms with Gasteiger partial charge in [0.15, 0.2) is 0 Å². The molecule has 0 amide bonds. The van der Waals surface area contributed by atoms with Crippen molar-refractivity contribution in [2.45, 2.75) is 43.9 Å². The van der Waals surface area contributed by atoms with Gasteiger partial charge in [-0.3, -0.25) is 0 Å². The van der Waals surface area contributed by atoms with E-state index in [4.69, 9.17) is 14.2 Å². The number of hydrogen-bond donors (Lipinski definition) is 1. The second kappa shape index (κ2) is 6.55. The van der Waals surface area contributed by atoms with Crippen LogP contribution >= 0.6 is 0 Å². The normalized spacial score (nSPS) is 36.6. The van der Waals surface area contributed by atoms with Crippen LogP contribution in [0.4, 0.5) is 0 Å². The SMILES string of the molecule is C=C(N[C@@H]1[C@@H](OC)CCC[C@H]1OC)[C@@H]1CCOC1. The number of ether oxygens (including phenoxy) is 3.